The van der Waals surface area contributed by atoms with E-state index in [1.807, 2.05) is 0 Å². The van der Waals surface area contributed by atoms with Crippen LogP contribution in [0.25, 0.3) is 0 Å². The number of carbonyl (C=O) groups is 1. The average molecular weight is 287 g/mol. The minimum atomic E-state index is -0.582. The lowest BCUT2D eigenvalue weighted by Crippen LogP contribution is -2.17. The van der Waals surface area contributed by atoms with Crippen molar-refractivity contribution in [1.82, 2.24) is 10.4 Å². The standard InChI is InChI=1S/C14H13N3O4/c18-11-2-1-9(12(19)13(11)20)5-8-16-17-14(21)10-3-6-15-7-4-10/h1-4,6-8,18-20H,5H2,(H,17,21)/b16-8+. The molecule has 1 heterocycles. The highest BCUT2D eigenvalue weighted by atomic mass is 16.3. The van der Waals surface area contributed by atoms with Crippen molar-refractivity contribution in [3.05, 3.63) is 47.8 Å². The molecule has 1 amide bonds. The van der Waals surface area contributed by atoms with Gasteiger partial charge in [-0.15, -0.1) is 0 Å². The molecular formula is C14H13N3O4. The first-order valence-corrected chi connectivity index (χ1v) is 6.04. The Morgan fingerprint density at radius 2 is 1.86 bits per heavy atom. The molecule has 0 aliphatic heterocycles. The molecule has 2 rings (SSSR count). The van der Waals surface area contributed by atoms with Gasteiger partial charge >= 0.3 is 0 Å². The molecule has 0 atom stereocenters. The highest BCUT2D eigenvalue weighted by Gasteiger charge is 2.09. The molecule has 2 aromatic rings. The predicted molar refractivity (Wildman–Crippen MR) is 75.3 cm³/mol. The third kappa shape index (κ3) is 3.47. The molecule has 0 aliphatic carbocycles. The van der Waals surface area contributed by atoms with Crippen LogP contribution in [0.3, 0.4) is 0 Å². The summed E-state index contributed by atoms with van der Waals surface area (Å²) in [5, 5.41) is 31.9. The molecular weight excluding hydrogens is 274 g/mol. The lowest BCUT2D eigenvalue weighted by molar-refractivity contribution is 0.0955. The van der Waals surface area contributed by atoms with Crippen LogP contribution >= 0.6 is 0 Å². The lowest BCUT2D eigenvalue weighted by atomic mass is 10.1. The quantitative estimate of drug-likeness (QED) is 0.382. The van der Waals surface area contributed by atoms with Crippen molar-refractivity contribution in [2.24, 2.45) is 5.10 Å². The van der Waals surface area contributed by atoms with E-state index in [1.165, 1.54) is 30.7 Å². The normalized spacial score (nSPS) is 10.7. The number of phenolic OH excluding ortho intramolecular Hbond substituents is 3. The summed E-state index contributed by atoms with van der Waals surface area (Å²) in [5.74, 6) is -1.78. The molecule has 0 saturated heterocycles. The molecule has 1 aromatic carbocycles. The Labute approximate surface area is 120 Å². The first-order chi connectivity index (χ1) is 10.1. The second-order valence-electron chi connectivity index (χ2n) is 4.13. The topological polar surface area (TPSA) is 115 Å². The number of rotatable bonds is 4. The third-order valence-corrected chi connectivity index (χ3v) is 2.72. The van der Waals surface area contributed by atoms with E-state index < -0.39 is 17.2 Å². The molecule has 0 aliphatic rings. The minimum absolute atomic E-state index is 0.177. The van der Waals surface area contributed by atoms with E-state index in [1.54, 1.807) is 12.1 Å². The van der Waals surface area contributed by atoms with E-state index in [2.05, 4.69) is 15.5 Å². The Morgan fingerprint density at radius 1 is 1.14 bits per heavy atom. The number of amides is 1. The molecule has 4 N–H and O–H groups in total. The fraction of sp³-hybridized carbons (Fsp3) is 0.0714. The lowest BCUT2D eigenvalue weighted by Gasteiger charge is -2.05. The van der Waals surface area contributed by atoms with E-state index in [0.29, 0.717) is 11.1 Å². The van der Waals surface area contributed by atoms with E-state index in [-0.39, 0.29) is 12.3 Å². The van der Waals surface area contributed by atoms with Crippen LogP contribution in [-0.2, 0) is 6.42 Å². The van der Waals surface area contributed by atoms with Gasteiger partial charge in [-0.2, -0.15) is 5.10 Å². The summed E-state index contributed by atoms with van der Waals surface area (Å²) in [6.07, 6.45) is 4.53. The van der Waals surface area contributed by atoms with Crippen LogP contribution in [0.5, 0.6) is 17.2 Å². The maximum absolute atomic E-state index is 11.6. The number of hydrogen-bond donors (Lipinski definition) is 4. The fourth-order valence-electron chi connectivity index (χ4n) is 1.59. The number of aromatic nitrogens is 1. The van der Waals surface area contributed by atoms with Crippen molar-refractivity contribution < 1.29 is 20.1 Å². The summed E-state index contributed by atoms with van der Waals surface area (Å²) in [4.78, 5) is 15.4. The molecule has 0 saturated carbocycles. The first kappa shape index (κ1) is 14.3. The van der Waals surface area contributed by atoms with Crippen LogP contribution in [0.4, 0.5) is 0 Å². The summed E-state index contributed by atoms with van der Waals surface area (Å²) in [5.41, 5.74) is 3.12. The Balaban J connectivity index is 1.95. The zero-order valence-corrected chi connectivity index (χ0v) is 10.9. The number of pyridine rings is 1. The number of aromatic hydroxyl groups is 3. The molecule has 21 heavy (non-hydrogen) atoms. The second kappa shape index (κ2) is 6.38. The SMILES string of the molecule is O=C(N/N=C/Cc1ccc(O)c(O)c1O)c1ccncc1. The maximum Gasteiger partial charge on any atom is 0.271 e. The minimum Gasteiger partial charge on any atom is -0.504 e. The van der Waals surface area contributed by atoms with Crippen LogP contribution in [0.2, 0.25) is 0 Å². The molecule has 0 bridgehead atoms. The Hall–Kier alpha value is -3.09. The van der Waals surface area contributed by atoms with Gasteiger partial charge in [-0.3, -0.25) is 9.78 Å². The summed E-state index contributed by atoms with van der Waals surface area (Å²) in [6, 6.07) is 5.80. The molecule has 1 aromatic heterocycles. The van der Waals surface area contributed by atoms with Crippen molar-refractivity contribution in [3.63, 3.8) is 0 Å². The Bertz CT molecular complexity index is 671. The molecule has 0 spiro atoms. The van der Waals surface area contributed by atoms with Gasteiger partial charge in [0.2, 0.25) is 5.75 Å². The van der Waals surface area contributed by atoms with Gasteiger partial charge in [0.05, 0.1) is 0 Å². The van der Waals surface area contributed by atoms with Crippen molar-refractivity contribution >= 4 is 12.1 Å². The van der Waals surface area contributed by atoms with E-state index in [4.69, 9.17) is 0 Å². The fourth-order valence-corrected chi connectivity index (χ4v) is 1.59. The Kier molecular flexibility index (Phi) is 4.35. The van der Waals surface area contributed by atoms with Crippen LogP contribution in [0, 0.1) is 0 Å². The second-order valence-corrected chi connectivity index (χ2v) is 4.13. The summed E-state index contributed by atoms with van der Waals surface area (Å²) in [7, 11) is 0. The molecule has 0 radical (unpaired) electrons. The largest absolute Gasteiger partial charge is 0.504 e. The zero-order chi connectivity index (χ0) is 15.2. The van der Waals surface area contributed by atoms with Crippen LogP contribution in [0.1, 0.15) is 15.9 Å². The van der Waals surface area contributed by atoms with Crippen molar-refractivity contribution in [2.45, 2.75) is 6.42 Å². The van der Waals surface area contributed by atoms with Gasteiger partial charge in [0.25, 0.3) is 5.91 Å². The van der Waals surface area contributed by atoms with Crippen molar-refractivity contribution in [2.75, 3.05) is 0 Å². The van der Waals surface area contributed by atoms with Gasteiger partial charge in [-0.05, 0) is 18.2 Å². The van der Waals surface area contributed by atoms with Crippen molar-refractivity contribution in [1.29, 1.82) is 0 Å². The molecule has 7 heteroatoms. The number of hydrazone groups is 1. The van der Waals surface area contributed by atoms with Gasteiger partial charge in [0, 0.05) is 36.2 Å². The number of carbonyl (C=O) groups excluding carboxylic acids is 1. The monoisotopic (exact) mass is 287 g/mol. The number of nitrogens with one attached hydrogen (secondary N) is 1. The van der Waals surface area contributed by atoms with Gasteiger partial charge in [0.1, 0.15) is 0 Å². The van der Waals surface area contributed by atoms with Crippen LogP contribution < -0.4 is 5.43 Å². The van der Waals surface area contributed by atoms with E-state index in [0.717, 1.165) is 0 Å². The number of benzene rings is 1. The summed E-state index contributed by atoms with van der Waals surface area (Å²) < 4.78 is 0. The molecule has 0 fully saturated rings. The van der Waals surface area contributed by atoms with Gasteiger partial charge in [-0.1, -0.05) is 6.07 Å². The first-order valence-electron chi connectivity index (χ1n) is 6.04. The van der Waals surface area contributed by atoms with E-state index in [9.17, 15) is 20.1 Å². The maximum atomic E-state index is 11.6. The number of hydrogen-bond acceptors (Lipinski definition) is 6. The van der Waals surface area contributed by atoms with Gasteiger partial charge in [-0.25, -0.2) is 5.43 Å². The highest BCUT2D eigenvalue weighted by molar-refractivity contribution is 5.94. The Morgan fingerprint density at radius 3 is 2.57 bits per heavy atom. The van der Waals surface area contributed by atoms with Gasteiger partial charge < -0.3 is 15.3 Å². The van der Waals surface area contributed by atoms with Crippen molar-refractivity contribution in [3.8, 4) is 17.2 Å². The van der Waals surface area contributed by atoms with Crippen LogP contribution in [0.15, 0.2) is 41.8 Å². The smallest absolute Gasteiger partial charge is 0.271 e. The van der Waals surface area contributed by atoms with Crippen LogP contribution in [-0.4, -0.2) is 32.4 Å². The molecule has 7 nitrogen and oxygen atoms in total. The predicted octanol–water partition coefficient (Wildman–Crippen LogP) is 1.16. The van der Waals surface area contributed by atoms with E-state index >= 15 is 0 Å². The third-order valence-electron chi connectivity index (χ3n) is 2.72. The van der Waals surface area contributed by atoms with Gasteiger partial charge in [0.15, 0.2) is 11.5 Å². The number of nitrogens with zero attached hydrogens (tertiary/aromatic N) is 2. The molecule has 0 unspecified atom stereocenters. The average Bonchev–Trinajstić information content (AvgIpc) is 2.51. The number of phenols is 3. The summed E-state index contributed by atoms with van der Waals surface area (Å²) >= 11 is 0. The molecule has 108 valence electrons. The zero-order valence-electron chi connectivity index (χ0n) is 10.9. The highest BCUT2D eigenvalue weighted by Crippen LogP contribution is 2.36. The summed E-state index contributed by atoms with van der Waals surface area (Å²) in [6.45, 7) is 0.